The molecule has 0 spiro atoms. The van der Waals surface area contributed by atoms with Gasteiger partial charge in [0.1, 0.15) is 0 Å². The minimum Gasteiger partial charge on any atom is -0.319 e. The Kier molecular flexibility index (Phi) is 4.18. The molecule has 0 fully saturated rings. The SMILES string of the molecule is CC(C)CC(C)CC(=O)N1C=CCC1. The van der Waals surface area contributed by atoms with Gasteiger partial charge in [-0.25, -0.2) is 0 Å². The highest BCUT2D eigenvalue weighted by molar-refractivity contribution is 5.77. The lowest BCUT2D eigenvalue weighted by Crippen LogP contribution is -2.25. The zero-order valence-corrected chi connectivity index (χ0v) is 9.49. The van der Waals surface area contributed by atoms with E-state index in [1.807, 2.05) is 11.1 Å². The molecule has 1 rings (SSSR count). The molecule has 1 aliphatic rings. The predicted molar refractivity (Wildman–Crippen MR) is 58.7 cm³/mol. The van der Waals surface area contributed by atoms with Crippen LogP contribution in [0.25, 0.3) is 0 Å². The molecule has 2 nitrogen and oxygen atoms in total. The van der Waals surface area contributed by atoms with Gasteiger partial charge in [-0.2, -0.15) is 0 Å². The number of rotatable bonds is 4. The van der Waals surface area contributed by atoms with Crippen molar-refractivity contribution in [1.82, 2.24) is 4.90 Å². The molecule has 0 N–H and O–H groups in total. The molecule has 1 heterocycles. The molecular formula is C12H21NO. The van der Waals surface area contributed by atoms with E-state index in [4.69, 9.17) is 0 Å². The van der Waals surface area contributed by atoms with E-state index in [9.17, 15) is 4.79 Å². The first-order chi connectivity index (χ1) is 6.59. The number of hydrogen-bond donors (Lipinski definition) is 0. The van der Waals surface area contributed by atoms with Gasteiger partial charge in [0, 0.05) is 19.2 Å². The Bertz CT molecular complexity index is 220. The predicted octanol–water partition coefficient (Wildman–Crippen LogP) is 2.80. The van der Waals surface area contributed by atoms with Gasteiger partial charge in [0.2, 0.25) is 5.91 Å². The Morgan fingerprint density at radius 1 is 1.43 bits per heavy atom. The minimum atomic E-state index is 0.284. The molecule has 0 saturated carbocycles. The quantitative estimate of drug-likeness (QED) is 0.675. The van der Waals surface area contributed by atoms with Crippen molar-refractivity contribution in [3.8, 4) is 0 Å². The van der Waals surface area contributed by atoms with Crippen LogP contribution in [0.3, 0.4) is 0 Å². The van der Waals surface area contributed by atoms with Crippen LogP contribution < -0.4 is 0 Å². The highest BCUT2D eigenvalue weighted by Crippen LogP contribution is 2.17. The third kappa shape index (κ3) is 3.52. The summed E-state index contributed by atoms with van der Waals surface area (Å²) in [5, 5.41) is 0. The van der Waals surface area contributed by atoms with Gasteiger partial charge in [-0.3, -0.25) is 4.79 Å². The molecule has 0 radical (unpaired) electrons. The van der Waals surface area contributed by atoms with Gasteiger partial charge in [-0.05, 0) is 24.7 Å². The van der Waals surface area contributed by atoms with Gasteiger partial charge in [0.25, 0.3) is 0 Å². The summed E-state index contributed by atoms with van der Waals surface area (Å²) in [6.45, 7) is 7.46. The molecule has 0 aromatic heterocycles. The number of carbonyl (C=O) groups excluding carboxylic acids is 1. The van der Waals surface area contributed by atoms with E-state index < -0.39 is 0 Å². The molecule has 1 aliphatic heterocycles. The topological polar surface area (TPSA) is 20.3 Å². The van der Waals surface area contributed by atoms with Gasteiger partial charge in [-0.15, -0.1) is 0 Å². The van der Waals surface area contributed by atoms with Gasteiger partial charge < -0.3 is 4.90 Å². The summed E-state index contributed by atoms with van der Waals surface area (Å²) >= 11 is 0. The Labute approximate surface area is 87.0 Å². The average Bonchev–Trinajstić information content (AvgIpc) is 2.53. The largest absolute Gasteiger partial charge is 0.319 e. The first-order valence-corrected chi connectivity index (χ1v) is 5.55. The molecule has 0 aromatic rings. The highest BCUT2D eigenvalue weighted by Gasteiger charge is 2.16. The smallest absolute Gasteiger partial charge is 0.226 e. The lowest BCUT2D eigenvalue weighted by molar-refractivity contribution is -0.129. The van der Waals surface area contributed by atoms with Crippen molar-refractivity contribution >= 4 is 5.91 Å². The van der Waals surface area contributed by atoms with Crippen molar-refractivity contribution in [3.63, 3.8) is 0 Å². The van der Waals surface area contributed by atoms with Gasteiger partial charge in [-0.1, -0.05) is 26.8 Å². The summed E-state index contributed by atoms with van der Waals surface area (Å²) in [6, 6.07) is 0. The summed E-state index contributed by atoms with van der Waals surface area (Å²) < 4.78 is 0. The van der Waals surface area contributed by atoms with Gasteiger partial charge in [0.15, 0.2) is 0 Å². The van der Waals surface area contributed by atoms with Crippen molar-refractivity contribution in [2.24, 2.45) is 11.8 Å². The molecular weight excluding hydrogens is 174 g/mol. The molecule has 1 amide bonds. The Balaban J connectivity index is 2.28. The second-order valence-electron chi connectivity index (χ2n) is 4.70. The number of amides is 1. The molecule has 0 bridgehead atoms. The molecule has 1 atom stereocenters. The van der Waals surface area contributed by atoms with Crippen molar-refractivity contribution < 1.29 is 4.79 Å². The lowest BCUT2D eigenvalue weighted by atomic mass is 9.95. The maximum absolute atomic E-state index is 11.7. The van der Waals surface area contributed by atoms with Crippen LogP contribution in [0.2, 0.25) is 0 Å². The van der Waals surface area contributed by atoms with E-state index in [0.29, 0.717) is 18.3 Å². The van der Waals surface area contributed by atoms with Crippen LogP contribution in [0.4, 0.5) is 0 Å². The summed E-state index contributed by atoms with van der Waals surface area (Å²) in [4.78, 5) is 13.6. The fraction of sp³-hybridized carbons (Fsp3) is 0.750. The zero-order chi connectivity index (χ0) is 10.6. The molecule has 2 heteroatoms. The third-order valence-corrected chi connectivity index (χ3v) is 2.54. The van der Waals surface area contributed by atoms with Crippen LogP contribution >= 0.6 is 0 Å². The van der Waals surface area contributed by atoms with Crippen LogP contribution in [0.15, 0.2) is 12.3 Å². The minimum absolute atomic E-state index is 0.284. The van der Waals surface area contributed by atoms with E-state index in [1.165, 1.54) is 0 Å². The monoisotopic (exact) mass is 195 g/mol. The van der Waals surface area contributed by atoms with Crippen molar-refractivity contribution in [2.45, 2.75) is 40.0 Å². The second kappa shape index (κ2) is 5.18. The molecule has 0 aromatic carbocycles. The molecule has 1 unspecified atom stereocenters. The van der Waals surface area contributed by atoms with Crippen LogP contribution in [-0.4, -0.2) is 17.4 Å². The van der Waals surface area contributed by atoms with E-state index in [-0.39, 0.29) is 5.91 Å². The summed E-state index contributed by atoms with van der Waals surface area (Å²) in [6.07, 6.45) is 6.84. The third-order valence-electron chi connectivity index (χ3n) is 2.54. The Morgan fingerprint density at radius 2 is 2.14 bits per heavy atom. The zero-order valence-electron chi connectivity index (χ0n) is 9.49. The maximum atomic E-state index is 11.7. The fourth-order valence-corrected chi connectivity index (χ4v) is 2.00. The van der Waals surface area contributed by atoms with E-state index in [1.54, 1.807) is 0 Å². The van der Waals surface area contributed by atoms with E-state index in [0.717, 1.165) is 19.4 Å². The van der Waals surface area contributed by atoms with Crippen LogP contribution in [0, 0.1) is 11.8 Å². The van der Waals surface area contributed by atoms with Crippen LogP contribution in [0.5, 0.6) is 0 Å². The molecule has 0 saturated heterocycles. The van der Waals surface area contributed by atoms with Gasteiger partial charge in [0.05, 0.1) is 0 Å². The van der Waals surface area contributed by atoms with Crippen LogP contribution in [-0.2, 0) is 4.79 Å². The number of nitrogens with zero attached hydrogens (tertiary/aromatic N) is 1. The Hall–Kier alpha value is -0.790. The van der Waals surface area contributed by atoms with Crippen molar-refractivity contribution in [3.05, 3.63) is 12.3 Å². The first-order valence-electron chi connectivity index (χ1n) is 5.55. The summed E-state index contributed by atoms with van der Waals surface area (Å²) in [7, 11) is 0. The number of hydrogen-bond acceptors (Lipinski definition) is 1. The lowest BCUT2D eigenvalue weighted by Gasteiger charge is -2.18. The highest BCUT2D eigenvalue weighted by atomic mass is 16.2. The molecule has 14 heavy (non-hydrogen) atoms. The van der Waals surface area contributed by atoms with Crippen molar-refractivity contribution in [1.29, 1.82) is 0 Å². The van der Waals surface area contributed by atoms with Gasteiger partial charge >= 0.3 is 0 Å². The van der Waals surface area contributed by atoms with Crippen LogP contribution in [0.1, 0.15) is 40.0 Å². The fourth-order valence-electron chi connectivity index (χ4n) is 2.00. The molecule has 80 valence electrons. The second-order valence-corrected chi connectivity index (χ2v) is 4.70. The molecule has 0 aliphatic carbocycles. The van der Waals surface area contributed by atoms with E-state index in [2.05, 4.69) is 26.8 Å². The first kappa shape index (κ1) is 11.3. The maximum Gasteiger partial charge on any atom is 0.226 e. The van der Waals surface area contributed by atoms with E-state index >= 15 is 0 Å². The summed E-state index contributed by atoms with van der Waals surface area (Å²) in [5.74, 6) is 1.48. The normalized spacial score (nSPS) is 17.9. The van der Waals surface area contributed by atoms with Crippen molar-refractivity contribution in [2.75, 3.05) is 6.54 Å². The Morgan fingerprint density at radius 3 is 2.64 bits per heavy atom. The average molecular weight is 195 g/mol. The number of carbonyl (C=O) groups is 1. The standard InChI is InChI=1S/C12H21NO/c1-10(2)8-11(3)9-12(14)13-6-4-5-7-13/h4,6,10-11H,5,7-9H2,1-3H3. The summed E-state index contributed by atoms with van der Waals surface area (Å²) in [5.41, 5.74) is 0.